The van der Waals surface area contributed by atoms with E-state index < -0.39 is 13.0 Å². The van der Waals surface area contributed by atoms with E-state index >= 15 is 0 Å². The van der Waals surface area contributed by atoms with Crippen molar-refractivity contribution in [2.24, 2.45) is 0 Å². The summed E-state index contributed by atoms with van der Waals surface area (Å²) < 4.78 is 33.4. The van der Waals surface area contributed by atoms with Gasteiger partial charge in [0.05, 0.1) is 7.11 Å². The lowest BCUT2D eigenvalue weighted by atomic mass is 10.2. The molecule has 0 unspecified atom stereocenters. The molecule has 1 aromatic heterocycles. The maximum atomic E-state index is 11.9. The molecular formula is C10H11F2NO3. The summed E-state index contributed by atoms with van der Waals surface area (Å²) in [5.74, 6) is -0.0765. The molecule has 0 amide bonds. The van der Waals surface area contributed by atoms with E-state index in [2.05, 4.69) is 4.98 Å². The largest absolute Gasteiger partial charge is 0.491 e. The van der Waals surface area contributed by atoms with Gasteiger partial charge in [-0.2, -0.15) is 0 Å². The lowest BCUT2D eigenvalue weighted by Crippen LogP contribution is -2.09. The summed E-state index contributed by atoms with van der Waals surface area (Å²) in [6.45, 7) is 0.610. The first-order valence-electron chi connectivity index (χ1n) is 4.50. The molecule has 0 aromatic carbocycles. The Labute approximate surface area is 91.2 Å². The Morgan fingerprint density at radius 1 is 1.56 bits per heavy atom. The first-order chi connectivity index (χ1) is 7.54. The minimum Gasteiger partial charge on any atom is -0.491 e. The van der Waals surface area contributed by atoms with Gasteiger partial charge in [-0.3, -0.25) is 4.79 Å². The molecule has 1 rings (SSSR count). The zero-order valence-corrected chi connectivity index (χ0v) is 8.87. The van der Waals surface area contributed by atoms with Crippen molar-refractivity contribution in [1.29, 1.82) is 0 Å². The van der Waals surface area contributed by atoms with Crippen molar-refractivity contribution in [2.75, 3.05) is 13.7 Å². The molecule has 0 aliphatic carbocycles. The molecule has 0 N–H and O–H groups in total. The highest BCUT2D eigenvalue weighted by atomic mass is 19.3. The van der Waals surface area contributed by atoms with Crippen LogP contribution in [-0.2, 0) is 0 Å². The average molecular weight is 231 g/mol. The van der Waals surface area contributed by atoms with E-state index in [-0.39, 0.29) is 17.4 Å². The molecule has 0 saturated carbocycles. The average Bonchev–Trinajstić information content (AvgIpc) is 2.25. The number of hydrogen-bond donors (Lipinski definition) is 0. The second kappa shape index (κ2) is 5.39. The Morgan fingerprint density at radius 3 is 2.75 bits per heavy atom. The zero-order valence-electron chi connectivity index (χ0n) is 8.87. The van der Waals surface area contributed by atoms with E-state index in [9.17, 15) is 13.6 Å². The summed E-state index contributed by atoms with van der Waals surface area (Å²) in [5.41, 5.74) is 0.334. The SMILES string of the molecule is COc1cc(C(C)=O)cnc1OCC(F)F. The number of ketones is 1. The van der Waals surface area contributed by atoms with Crippen LogP contribution in [0.5, 0.6) is 11.6 Å². The summed E-state index contributed by atoms with van der Waals surface area (Å²) in [5, 5.41) is 0. The molecule has 0 spiro atoms. The molecule has 0 bridgehead atoms. The number of aromatic nitrogens is 1. The van der Waals surface area contributed by atoms with Crippen LogP contribution in [0.3, 0.4) is 0 Å². The van der Waals surface area contributed by atoms with Gasteiger partial charge in [0.2, 0.25) is 0 Å². The van der Waals surface area contributed by atoms with Gasteiger partial charge < -0.3 is 9.47 Å². The molecule has 88 valence electrons. The predicted octanol–water partition coefficient (Wildman–Crippen LogP) is 1.94. The van der Waals surface area contributed by atoms with Crippen LogP contribution in [0.1, 0.15) is 17.3 Å². The molecular weight excluding hydrogens is 220 g/mol. The van der Waals surface area contributed by atoms with Crippen molar-refractivity contribution in [2.45, 2.75) is 13.3 Å². The number of methoxy groups -OCH3 is 1. The number of hydrogen-bond acceptors (Lipinski definition) is 4. The van der Waals surface area contributed by atoms with Crippen molar-refractivity contribution in [3.05, 3.63) is 17.8 Å². The molecule has 6 heteroatoms. The topological polar surface area (TPSA) is 48.4 Å². The molecule has 0 saturated heterocycles. The van der Waals surface area contributed by atoms with Crippen LogP contribution >= 0.6 is 0 Å². The monoisotopic (exact) mass is 231 g/mol. The van der Waals surface area contributed by atoms with Gasteiger partial charge in [-0.05, 0) is 13.0 Å². The van der Waals surface area contributed by atoms with E-state index in [1.807, 2.05) is 0 Å². The molecule has 1 heterocycles. The lowest BCUT2D eigenvalue weighted by molar-refractivity contribution is 0.0778. The second-order valence-corrected chi connectivity index (χ2v) is 2.99. The van der Waals surface area contributed by atoms with Crippen molar-refractivity contribution < 1.29 is 23.0 Å². The molecule has 0 atom stereocenters. The molecule has 4 nitrogen and oxygen atoms in total. The molecule has 1 aromatic rings. The lowest BCUT2D eigenvalue weighted by Gasteiger charge is -2.09. The highest BCUT2D eigenvalue weighted by Gasteiger charge is 2.12. The van der Waals surface area contributed by atoms with Crippen LogP contribution < -0.4 is 9.47 Å². The summed E-state index contributed by atoms with van der Waals surface area (Å²) in [6.07, 6.45) is -1.33. The van der Waals surface area contributed by atoms with Gasteiger partial charge in [-0.15, -0.1) is 0 Å². The van der Waals surface area contributed by atoms with E-state index in [4.69, 9.17) is 9.47 Å². The highest BCUT2D eigenvalue weighted by Crippen LogP contribution is 2.25. The molecule has 0 aliphatic heterocycles. The first kappa shape index (κ1) is 12.4. The van der Waals surface area contributed by atoms with Crippen LogP contribution in [0.4, 0.5) is 8.78 Å². The fourth-order valence-corrected chi connectivity index (χ4v) is 1.02. The van der Waals surface area contributed by atoms with Crippen molar-refractivity contribution >= 4 is 5.78 Å². The summed E-state index contributed by atoms with van der Waals surface area (Å²) in [6, 6.07) is 1.40. The highest BCUT2D eigenvalue weighted by molar-refractivity contribution is 5.94. The van der Waals surface area contributed by atoms with Crippen LogP contribution in [0.15, 0.2) is 12.3 Å². The standard InChI is InChI=1S/C10H11F2NO3/c1-6(14)7-3-8(15-2)10(13-4-7)16-5-9(11)12/h3-4,9H,5H2,1-2H3. The Bertz CT molecular complexity index is 382. The number of pyridine rings is 1. The van der Waals surface area contributed by atoms with Gasteiger partial charge in [-0.1, -0.05) is 0 Å². The Morgan fingerprint density at radius 2 is 2.25 bits per heavy atom. The number of carbonyl (C=O) groups excluding carboxylic acids is 1. The number of ether oxygens (including phenoxy) is 2. The van der Waals surface area contributed by atoms with E-state index in [1.54, 1.807) is 0 Å². The van der Waals surface area contributed by atoms with Crippen molar-refractivity contribution in [1.82, 2.24) is 4.98 Å². The third-order valence-electron chi connectivity index (χ3n) is 1.79. The third kappa shape index (κ3) is 3.15. The van der Waals surface area contributed by atoms with Gasteiger partial charge in [0.15, 0.2) is 18.1 Å². The third-order valence-corrected chi connectivity index (χ3v) is 1.79. The van der Waals surface area contributed by atoms with Crippen molar-refractivity contribution in [3.63, 3.8) is 0 Å². The van der Waals surface area contributed by atoms with Gasteiger partial charge in [0.1, 0.15) is 0 Å². The number of Topliss-reactive ketones (excluding diaryl/α,β-unsaturated/α-hetero) is 1. The molecule has 0 fully saturated rings. The number of halogens is 2. The zero-order chi connectivity index (χ0) is 12.1. The predicted molar refractivity (Wildman–Crippen MR) is 52.3 cm³/mol. The van der Waals surface area contributed by atoms with E-state index in [0.717, 1.165) is 0 Å². The van der Waals surface area contributed by atoms with E-state index in [0.29, 0.717) is 5.56 Å². The number of alkyl halides is 2. The van der Waals surface area contributed by atoms with Gasteiger partial charge in [0, 0.05) is 11.8 Å². The van der Waals surface area contributed by atoms with Crippen molar-refractivity contribution in [3.8, 4) is 11.6 Å². The van der Waals surface area contributed by atoms with Gasteiger partial charge >= 0.3 is 0 Å². The van der Waals surface area contributed by atoms with E-state index in [1.165, 1.54) is 26.3 Å². The molecule has 16 heavy (non-hydrogen) atoms. The number of rotatable bonds is 5. The quantitative estimate of drug-likeness (QED) is 0.726. The van der Waals surface area contributed by atoms with Crippen LogP contribution in [0.25, 0.3) is 0 Å². The molecule has 0 radical (unpaired) electrons. The van der Waals surface area contributed by atoms with Crippen LogP contribution in [0, 0.1) is 0 Å². The summed E-state index contributed by atoms with van der Waals surface area (Å²) in [4.78, 5) is 14.8. The number of nitrogens with zero attached hydrogens (tertiary/aromatic N) is 1. The normalized spacial score (nSPS) is 10.3. The minimum absolute atomic E-state index is 0.0483. The maximum Gasteiger partial charge on any atom is 0.272 e. The minimum atomic E-state index is -2.58. The second-order valence-electron chi connectivity index (χ2n) is 2.99. The van der Waals surface area contributed by atoms with Crippen LogP contribution in [0.2, 0.25) is 0 Å². The first-order valence-corrected chi connectivity index (χ1v) is 4.50. The fourth-order valence-electron chi connectivity index (χ4n) is 1.02. The smallest absolute Gasteiger partial charge is 0.272 e. The summed E-state index contributed by atoms with van der Waals surface area (Å²) in [7, 11) is 1.34. The maximum absolute atomic E-state index is 11.9. The van der Waals surface area contributed by atoms with Crippen LogP contribution in [-0.4, -0.2) is 30.9 Å². The Balaban J connectivity index is 2.89. The van der Waals surface area contributed by atoms with Gasteiger partial charge in [0.25, 0.3) is 12.3 Å². The summed E-state index contributed by atoms with van der Waals surface area (Å²) >= 11 is 0. The Kier molecular flexibility index (Phi) is 4.16. The molecule has 0 aliphatic rings. The Hall–Kier alpha value is -1.72. The number of carbonyl (C=O) groups is 1. The van der Waals surface area contributed by atoms with Gasteiger partial charge in [-0.25, -0.2) is 13.8 Å². The fraction of sp³-hybridized carbons (Fsp3) is 0.400.